The van der Waals surface area contributed by atoms with Gasteiger partial charge in [-0.15, -0.1) is 0 Å². The summed E-state index contributed by atoms with van der Waals surface area (Å²) < 4.78 is 0. The second kappa shape index (κ2) is 4.74. The van der Waals surface area contributed by atoms with Crippen molar-refractivity contribution in [3.8, 4) is 0 Å². The van der Waals surface area contributed by atoms with E-state index < -0.39 is 5.97 Å². The second-order valence-electron chi connectivity index (χ2n) is 2.67. The number of carboxylic acids is 1. The van der Waals surface area contributed by atoms with E-state index in [0.717, 1.165) is 25.7 Å². The Labute approximate surface area is 71.2 Å². The maximum Gasteiger partial charge on any atom is 0.306 e. The molecule has 0 unspecified atom stereocenters. The normalized spacial score (nSPS) is 19.6. The van der Waals surface area contributed by atoms with Gasteiger partial charge in [-0.1, -0.05) is 19.3 Å². The van der Waals surface area contributed by atoms with Crippen LogP contribution < -0.4 is 0 Å². The monoisotopic (exact) mass is 187 g/mol. The van der Waals surface area contributed by atoms with E-state index in [1.54, 1.807) is 0 Å². The molecule has 0 bridgehead atoms. The van der Waals surface area contributed by atoms with Gasteiger partial charge in [0.15, 0.2) is 0 Å². The fraction of sp³-hybridized carbons (Fsp3) is 0.857. The molecule has 1 aliphatic carbocycles. The van der Waals surface area contributed by atoms with Crippen molar-refractivity contribution in [2.75, 3.05) is 0 Å². The third-order valence-corrected chi connectivity index (χ3v) is 1.95. The molecule has 0 aromatic carbocycles. The number of hydrogen-bond acceptors (Lipinski definition) is 1. The molecule has 10 heavy (non-hydrogen) atoms. The van der Waals surface area contributed by atoms with Crippen molar-refractivity contribution in [2.45, 2.75) is 32.1 Å². The Morgan fingerprint density at radius 1 is 1.20 bits per heavy atom. The summed E-state index contributed by atoms with van der Waals surface area (Å²) in [7, 11) is 0. The molecule has 1 fully saturated rings. The number of carbonyl (C=O) groups is 1. The van der Waals surface area contributed by atoms with Gasteiger partial charge in [-0.2, -0.15) is 0 Å². The third kappa shape index (κ3) is 2.71. The fourth-order valence-corrected chi connectivity index (χ4v) is 1.35. The largest absolute Gasteiger partial charge is 0.481 e. The Bertz CT molecular complexity index is 108. The average Bonchev–Trinajstić information content (AvgIpc) is 1.90. The van der Waals surface area contributed by atoms with Crippen molar-refractivity contribution in [2.24, 2.45) is 5.92 Å². The van der Waals surface area contributed by atoms with Gasteiger partial charge in [0.05, 0.1) is 5.92 Å². The molecule has 0 aliphatic heterocycles. The summed E-state index contributed by atoms with van der Waals surface area (Å²) in [5.74, 6) is -0.631. The molecule has 1 N–H and O–H groups in total. The standard InChI is InChI=1S/C7H12O2.Co/c8-7(9)6-4-2-1-3-5-6;/h6H,1-5H2,(H,8,9);. The zero-order chi connectivity index (χ0) is 6.69. The van der Waals surface area contributed by atoms with Gasteiger partial charge in [0.1, 0.15) is 0 Å². The Morgan fingerprint density at radius 3 is 2.00 bits per heavy atom. The van der Waals surface area contributed by atoms with Crippen LogP contribution >= 0.6 is 0 Å². The SMILES string of the molecule is O=C(O)C1CCCCC1.[Co]. The number of carboxylic acid groups (broad SMARTS) is 1. The van der Waals surface area contributed by atoms with Crippen molar-refractivity contribution in [3.05, 3.63) is 0 Å². The second-order valence-corrected chi connectivity index (χ2v) is 2.67. The van der Waals surface area contributed by atoms with Crippen LogP contribution in [-0.2, 0) is 21.6 Å². The van der Waals surface area contributed by atoms with E-state index in [1.165, 1.54) is 6.42 Å². The Balaban J connectivity index is 0.000000810. The maximum atomic E-state index is 10.4. The van der Waals surface area contributed by atoms with Crippen LogP contribution in [0, 0.1) is 5.92 Å². The third-order valence-electron chi connectivity index (χ3n) is 1.95. The van der Waals surface area contributed by atoms with Crippen LogP contribution in [0.4, 0.5) is 0 Å². The summed E-state index contributed by atoms with van der Waals surface area (Å²) >= 11 is 0. The summed E-state index contributed by atoms with van der Waals surface area (Å²) in [5.41, 5.74) is 0. The van der Waals surface area contributed by atoms with E-state index in [0.29, 0.717) is 0 Å². The number of aliphatic carboxylic acids is 1. The van der Waals surface area contributed by atoms with Crippen LogP contribution in [0.3, 0.4) is 0 Å². The van der Waals surface area contributed by atoms with Gasteiger partial charge >= 0.3 is 5.97 Å². The molecule has 0 atom stereocenters. The first-order chi connectivity index (χ1) is 4.30. The van der Waals surface area contributed by atoms with Crippen LogP contribution in [0.1, 0.15) is 32.1 Å². The fourth-order valence-electron chi connectivity index (χ4n) is 1.35. The van der Waals surface area contributed by atoms with Crippen molar-refractivity contribution in [1.29, 1.82) is 0 Å². The van der Waals surface area contributed by atoms with Gasteiger partial charge in [0.2, 0.25) is 0 Å². The predicted octanol–water partition coefficient (Wildman–Crippen LogP) is 1.65. The quantitative estimate of drug-likeness (QED) is 0.677. The Morgan fingerprint density at radius 2 is 1.70 bits per heavy atom. The molecule has 0 amide bonds. The maximum absolute atomic E-state index is 10.4. The number of hydrogen-bond donors (Lipinski definition) is 1. The molecule has 0 aromatic rings. The topological polar surface area (TPSA) is 37.3 Å². The van der Waals surface area contributed by atoms with Gasteiger partial charge in [0.25, 0.3) is 0 Å². The van der Waals surface area contributed by atoms with Crippen molar-refractivity contribution in [1.82, 2.24) is 0 Å². The van der Waals surface area contributed by atoms with Gasteiger partial charge < -0.3 is 5.11 Å². The number of rotatable bonds is 1. The minimum atomic E-state index is -0.602. The zero-order valence-corrected chi connectivity index (χ0v) is 6.84. The van der Waals surface area contributed by atoms with Crippen molar-refractivity contribution < 1.29 is 26.7 Å². The van der Waals surface area contributed by atoms with Gasteiger partial charge in [-0.3, -0.25) is 4.79 Å². The first-order valence-corrected chi connectivity index (χ1v) is 3.53. The molecule has 0 spiro atoms. The molecule has 0 saturated heterocycles. The smallest absolute Gasteiger partial charge is 0.306 e. The van der Waals surface area contributed by atoms with E-state index in [-0.39, 0.29) is 22.7 Å². The molecule has 1 saturated carbocycles. The van der Waals surface area contributed by atoms with Gasteiger partial charge in [0, 0.05) is 16.8 Å². The summed E-state index contributed by atoms with van der Waals surface area (Å²) in [6, 6.07) is 0. The van der Waals surface area contributed by atoms with Gasteiger partial charge in [-0.25, -0.2) is 0 Å². The van der Waals surface area contributed by atoms with E-state index in [9.17, 15) is 4.79 Å². The predicted molar refractivity (Wildman–Crippen MR) is 34.2 cm³/mol. The zero-order valence-electron chi connectivity index (χ0n) is 5.80. The summed E-state index contributed by atoms with van der Waals surface area (Å²) in [6.45, 7) is 0. The first kappa shape index (κ1) is 9.98. The molecular formula is C7H12CoO2. The minimum Gasteiger partial charge on any atom is -0.481 e. The van der Waals surface area contributed by atoms with E-state index in [2.05, 4.69) is 0 Å². The minimum absolute atomic E-state index is 0. The Hall–Kier alpha value is -0.0235. The Kier molecular flexibility index (Phi) is 4.73. The van der Waals surface area contributed by atoms with E-state index in [4.69, 9.17) is 5.11 Å². The van der Waals surface area contributed by atoms with E-state index >= 15 is 0 Å². The van der Waals surface area contributed by atoms with Crippen molar-refractivity contribution >= 4 is 5.97 Å². The van der Waals surface area contributed by atoms with Crippen molar-refractivity contribution in [3.63, 3.8) is 0 Å². The molecule has 1 rings (SSSR count). The summed E-state index contributed by atoms with van der Waals surface area (Å²) in [4.78, 5) is 10.4. The van der Waals surface area contributed by atoms with E-state index in [1.807, 2.05) is 0 Å². The molecule has 0 aromatic heterocycles. The molecule has 61 valence electrons. The van der Waals surface area contributed by atoms with Crippen LogP contribution in [0.2, 0.25) is 0 Å². The molecule has 1 aliphatic rings. The summed E-state index contributed by atoms with van der Waals surface area (Å²) in [5, 5.41) is 8.54. The van der Waals surface area contributed by atoms with Crippen LogP contribution in [0.15, 0.2) is 0 Å². The average molecular weight is 187 g/mol. The molecule has 3 heteroatoms. The summed E-state index contributed by atoms with van der Waals surface area (Å²) in [6.07, 6.45) is 5.24. The van der Waals surface area contributed by atoms with Gasteiger partial charge in [-0.05, 0) is 12.8 Å². The molecule has 0 heterocycles. The van der Waals surface area contributed by atoms with Crippen LogP contribution in [0.5, 0.6) is 0 Å². The van der Waals surface area contributed by atoms with Crippen LogP contribution in [0.25, 0.3) is 0 Å². The first-order valence-electron chi connectivity index (χ1n) is 3.53. The van der Waals surface area contributed by atoms with Crippen LogP contribution in [-0.4, -0.2) is 11.1 Å². The molecular weight excluding hydrogens is 175 g/mol. The molecule has 2 nitrogen and oxygen atoms in total. The molecule has 1 radical (unpaired) electrons.